The molecule has 5 heteroatoms. The van der Waals surface area contributed by atoms with Crippen molar-refractivity contribution in [2.45, 2.75) is 18.9 Å². The zero-order valence-electron chi connectivity index (χ0n) is 16.3. The summed E-state index contributed by atoms with van der Waals surface area (Å²) in [5.74, 6) is 0.633. The van der Waals surface area contributed by atoms with E-state index < -0.39 is 0 Å². The van der Waals surface area contributed by atoms with Gasteiger partial charge in [0.25, 0.3) is 0 Å². The number of benzene rings is 2. The van der Waals surface area contributed by atoms with Crippen LogP contribution in [0.3, 0.4) is 0 Å². The molecule has 2 N–H and O–H groups in total. The molecule has 0 aliphatic heterocycles. The minimum atomic E-state index is -0.129. The molecule has 0 unspecified atom stereocenters. The Morgan fingerprint density at radius 1 is 1.07 bits per heavy atom. The van der Waals surface area contributed by atoms with Crippen molar-refractivity contribution in [2.75, 3.05) is 7.11 Å². The maximum Gasteiger partial charge on any atom is 0.221 e. The SMILES string of the molecule is COc1ccccc1[C@H](CC(=O)NCc1cccnc1)c1c[nH]c2ccccc12. The Bertz CT molecular complexity index is 1110. The molecule has 2 heterocycles. The van der Waals surface area contributed by atoms with Gasteiger partial charge in [0.05, 0.1) is 7.11 Å². The molecule has 4 aromatic rings. The van der Waals surface area contributed by atoms with Crippen LogP contribution in [0, 0.1) is 0 Å². The fourth-order valence-corrected chi connectivity index (χ4v) is 3.68. The largest absolute Gasteiger partial charge is 0.496 e. The maximum absolute atomic E-state index is 12.8. The molecule has 0 bridgehead atoms. The quantitative estimate of drug-likeness (QED) is 0.495. The van der Waals surface area contributed by atoms with Crippen molar-refractivity contribution in [3.05, 3.63) is 95.9 Å². The van der Waals surface area contributed by atoms with E-state index in [1.165, 1.54) is 0 Å². The monoisotopic (exact) mass is 385 g/mol. The summed E-state index contributed by atoms with van der Waals surface area (Å²) in [6.07, 6.45) is 5.80. The average molecular weight is 385 g/mol. The van der Waals surface area contributed by atoms with E-state index in [0.717, 1.165) is 33.3 Å². The van der Waals surface area contributed by atoms with Gasteiger partial charge in [0, 0.05) is 53.9 Å². The van der Waals surface area contributed by atoms with E-state index in [-0.39, 0.29) is 11.8 Å². The Balaban J connectivity index is 1.64. The summed E-state index contributed by atoms with van der Waals surface area (Å²) in [5, 5.41) is 4.13. The van der Waals surface area contributed by atoms with E-state index in [9.17, 15) is 4.79 Å². The van der Waals surface area contributed by atoms with E-state index in [1.807, 2.05) is 60.8 Å². The molecule has 0 radical (unpaired) electrons. The number of aromatic nitrogens is 2. The molecule has 146 valence electrons. The molecule has 4 rings (SSSR count). The van der Waals surface area contributed by atoms with Gasteiger partial charge >= 0.3 is 0 Å². The molecule has 0 aliphatic rings. The van der Waals surface area contributed by atoms with Gasteiger partial charge in [0.15, 0.2) is 0 Å². The van der Waals surface area contributed by atoms with Gasteiger partial charge in [-0.1, -0.05) is 42.5 Å². The molecule has 0 aliphatic carbocycles. The van der Waals surface area contributed by atoms with Crippen LogP contribution in [0.1, 0.15) is 29.0 Å². The molecule has 5 nitrogen and oxygen atoms in total. The molecule has 0 saturated heterocycles. The van der Waals surface area contributed by atoms with E-state index in [0.29, 0.717) is 13.0 Å². The molecule has 0 fully saturated rings. The Morgan fingerprint density at radius 3 is 2.72 bits per heavy atom. The first kappa shape index (κ1) is 18.7. The third kappa shape index (κ3) is 4.14. The third-order valence-corrected chi connectivity index (χ3v) is 5.11. The number of aromatic amines is 1. The number of hydrogen-bond donors (Lipinski definition) is 2. The van der Waals surface area contributed by atoms with Crippen molar-refractivity contribution in [1.29, 1.82) is 0 Å². The predicted octanol–water partition coefficient (Wildman–Crippen LogP) is 4.41. The molecule has 2 aromatic heterocycles. The Morgan fingerprint density at radius 2 is 1.90 bits per heavy atom. The second-order valence-corrected chi connectivity index (χ2v) is 6.93. The minimum Gasteiger partial charge on any atom is -0.496 e. The Hall–Kier alpha value is -3.60. The first-order valence-corrected chi connectivity index (χ1v) is 9.61. The first-order valence-electron chi connectivity index (χ1n) is 9.61. The Kier molecular flexibility index (Phi) is 5.56. The van der Waals surface area contributed by atoms with E-state index in [1.54, 1.807) is 19.5 Å². The zero-order chi connectivity index (χ0) is 20.1. The predicted molar refractivity (Wildman–Crippen MR) is 114 cm³/mol. The van der Waals surface area contributed by atoms with Gasteiger partial charge in [0.1, 0.15) is 5.75 Å². The highest BCUT2D eigenvalue weighted by molar-refractivity contribution is 5.86. The number of amides is 1. The zero-order valence-corrected chi connectivity index (χ0v) is 16.3. The van der Waals surface area contributed by atoms with E-state index in [4.69, 9.17) is 4.74 Å². The fourth-order valence-electron chi connectivity index (χ4n) is 3.68. The number of rotatable bonds is 7. The van der Waals surface area contributed by atoms with Crippen LogP contribution in [0.25, 0.3) is 10.9 Å². The van der Waals surface area contributed by atoms with Gasteiger partial charge in [-0.2, -0.15) is 0 Å². The summed E-state index contributed by atoms with van der Waals surface area (Å²) in [4.78, 5) is 20.3. The lowest BCUT2D eigenvalue weighted by Gasteiger charge is -2.20. The van der Waals surface area contributed by atoms with Gasteiger partial charge in [-0.15, -0.1) is 0 Å². The average Bonchev–Trinajstić information content (AvgIpc) is 3.21. The molecular formula is C24H23N3O2. The highest BCUT2D eigenvalue weighted by Crippen LogP contribution is 2.37. The van der Waals surface area contributed by atoms with Crippen LogP contribution in [0.4, 0.5) is 0 Å². The number of carbonyl (C=O) groups is 1. The number of fused-ring (bicyclic) bond motifs is 1. The lowest BCUT2D eigenvalue weighted by atomic mass is 9.87. The topological polar surface area (TPSA) is 67.0 Å². The number of methoxy groups -OCH3 is 1. The van der Waals surface area contributed by atoms with Crippen molar-refractivity contribution in [3.8, 4) is 5.75 Å². The molecule has 2 aromatic carbocycles. The molecule has 1 atom stereocenters. The van der Waals surface area contributed by atoms with Crippen LogP contribution < -0.4 is 10.1 Å². The highest BCUT2D eigenvalue weighted by Gasteiger charge is 2.24. The summed E-state index contributed by atoms with van der Waals surface area (Å²) in [6, 6.07) is 19.8. The number of hydrogen-bond acceptors (Lipinski definition) is 3. The van der Waals surface area contributed by atoms with E-state index in [2.05, 4.69) is 21.4 Å². The van der Waals surface area contributed by atoms with Crippen LogP contribution in [-0.4, -0.2) is 23.0 Å². The lowest BCUT2D eigenvalue weighted by molar-refractivity contribution is -0.121. The molecule has 0 saturated carbocycles. The minimum absolute atomic E-state index is 0.0185. The first-order chi connectivity index (χ1) is 14.3. The number of pyridine rings is 1. The summed E-state index contributed by atoms with van der Waals surface area (Å²) >= 11 is 0. The molecule has 1 amide bonds. The number of nitrogens with one attached hydrogen (secondary N) is 2. The molecule has 29 heavy (non-hydrogen) atoms. The number of carbonyl (C=O) groups excluding carboxylic acids is 1. The van der Waals surface area contributed by atoms with Crippen molar-refractivity contribution >= 4 is 16.8 Å². The highest BCUT2D eigenvalue weighted by atomic mass is 16.5. The Labute approximate surface area is 169 Å². The van der Waals surface area contributed by atoms with Crippen LogP contribution in [-0.2, 0) is 11.3 Å². The second kappa shape index (κ2) is 8.61. The molecule has 0 spiro atoms. The van der Waals surface area contributed by atoms with Gasteiger partial charge in [0.2, 0.25) is 5.91 Å². The maximum atomic E-state index is 12.8. The standard InChI is InChI=1S/C24H23N3O2/c1-29-23-11-5-3-9-19(23)20(21-16-26-22-10-4-2-8-18(21)22)13-24(28)27-15-17-7-6-12-25-14-17/h2-12,14,16,20,26H,13,15H2,1H3,(H,27,28)/t20-/m0/s1. The summed E-state index contributed by atoms with van der Waals surface area (Å²) in [6.45, 7) is 0.458. The van der Waals surface area contributed by atoms with E-state index >= 15 is 0 Å². The van der Waals surface area contributed by atoms with Crippen molar-refractivity contribution in [1.82, 2.24) is 15.3 Å². The fraction of sp³-hybridized carbons (Fsp3) is 0.167. The van der Waals surface area contributed by atoms with Gasteiger partial charge in [-0.25, -0.2) is 0 Å². The van der Waals surface area contributed by atoms with Crippen LogP contribution in [0.15, 0.2) is 79.3 Å². The van der Waals surface area contributed by atoms with Crippen LogP contribution >= 0.6 is 0 Å². The summed E-state index contributed by atoms with van der Waals surface area (Å²) < 4.78 is 5.60. The van der Waals surface area contributed by atoms with Gasteiger partial charge in [-0.3, -0.25) is 9.78 Å². The van der Waals surface area contributed by atoms with Crippen LogP contribution in [0.2, 0.25) is 0 Å². The lowest BCUT2D eigenvalue weighted by Crippen LogP contribution is -2.25. The summed E-state index contributed by atoms with van der Waals surface area (Å²) in [7, 11) is 1.66. The van der Waals surface area contributed by atoms with Crippen LogP contribution in [0.5, 0.6) is 5.75 Å². The normalized spacial score (nSPS) is 11.9. The summed E-state index contributed by atoms with van der Waals surface area (Å²) in [5.41, 5.74) is 4.11. The second-order valence-electron chi connectivity index (χ2n) is 6.93. The number of nitrogens with zero attached hydrogens (tertiary/aromatic N) is 1. The molecular weight excluding hydrogens is 362 g/mol. The third-order valence-electron chi connectivity index (χ3n) is 5.11. The van der Waals surface area contributed by atoms with Crippen molar-refractivity contribution in [2.24, 2.45) is 0 Å². The number of para-hydroxylation sites is 2. The number of ether oxygens (including phenoxy) is 1. The van der Waals surface area contributed by atoms with Crippen molar-refractivity contribution in [3.63, 3.8) is 0 Å². The van der Waals surface area contributed by atoms with Gasteiger partial charge in [-0.05, 0) is 29.3 Å². The van der Waals surface area contributed by atoms with Gasteiger partial charge < -0.3 is 15.0 Å². The van der Waals surface area contributed by atoms with Crippen molar-refractivity contribution < 1.29 is 9.53 Å². The number of H-pyrrole nitrogens is 1. The smallest absolute Gasteiger partial charge is 0.221 e.